The number of aliphatic hydroxyl groups excluding tert-OH is 2. The SMILES string of the molecule is CCC1C[C@@H](O)C(NC)[C@H](O[C@H]2C(C(=O)[O-])OCC(C)[C@@H]2O)O1. The van der Waals surface area contributed by atoms with E-state index in [-0.39, 0.29) is 18.6 Å². The number of carbonyl (C=O) groups is 1. The Morgan fingerprint density at radius 3 is 2.70 bits per heavy atom. The van der Waals surface area contributed by atoms with Crippen molar-refractivity contribution < 1.29 is 34.3 Å². The monoisotopic (exact) mass is 332 g/mol. The van der Waals surface area contributed by atoms with E-state index in [1.54, 1.807) is 14.0 Å². The van der Waals surface area contributed by atoms with Crippen LogP contribution in [0, 0.1) is 5.92 Å². The van der Waals surface area contributed by atoms with Crippen molar-refractivity contribution in [3.8, 4) is 0 Å². The van der Waals surface area contributed by atoms with Crippen molar-refractivity contribution in [1.82, 2.24) is 5.32 Å². The van der Waals surface area contributed by atoms with Crippen molar-refractivity contribution in [1.29, 1.82) is 0 Å². The lowest BCUT2D eigenvalue weighted by atomic mass is 9.93. The molecule has 0 amide bonds. The quantitative estimate of drug-likeness (QED) is 0.528. The van der Waals surface area contributed by atoms with Crippen LogP contribution in [0.4, 0.5) is 0 Å². The molecule has 0 saturated carbocycles. The standard InChI is InChI=1S/C15H27NO7/c1-4-8-5-9(17)10(16-3)15(22-8)23-12-11(18)7(2)6-21-13(12)14(19)20/h7-13,15-18H,4-6H2,1-3H3,(H,19,20)/p-1/t7?,8?,9-,10?,11+,12-,13?,15+/m1/s1. The lowest BCUT2D eigenvalue weighted by Crippen LogP contribution is -2.62. The van der Waals surface area contributed by atoms with Crippen LogP contribution in [0.2, 0.25) is 0 Å². The lowest BCUT2D eigenvalue weighted by Gasteiger charge is -2.45. The number of rotatable bonds is 5. The molecule has 0 bridgehead atoms. The minimum atomic E-state index is -1.44. The van der Waals surface area contributed by atoms with Crippen molar-refractivity contribution in [2.75, 3.05) is 13.7 Å². The summed E-state index contributed by atoms with van der Waals surface area (Å²) in [5.74, 6) is -1.72. The van der Waals surface area contributed by atoms with Crippen LogP contribution in [0.1, 0.15) is 26.7 Å². The summed E-state index contributed by atoms with van der Waals surface area (Å²) in [5.41, 5.74) is 0. The van der Waals surface area contributed by atoms with Crippen LogP contribution in [0.25, 0.3) is 0 Å². The first-order valence-electron chi connectivity index (χ1n) is 8.05. The maximum Gasteiger partial charge on any atom is 0.176 e. The molecule has 8 atom stereocenters. The second kappa shape index (κ2) is 7.87. The number of aliphatic carboxylic acids is 1. The Hall–Kier alpha value is -0.770. The average Bonchev–Trinajstić information content (AvgIpc) is 2.51. The van der Waals surface area contributed by atoms with Crippen LogP contribution in [0.3, 0.4) is 0 Å². The molecule has 0 spiro atoms. The van der Waals surface area contributed by atoms with Gasteiger partial charge in [-0.15, -0.1) is 0 Å². The molecular formula is C15H26NO7-. The average molecular weight is 332 g/mol. The molecule has 4 unspecified atom stereocenters. The van der Waals surface area contributed by atoms with Gasteiger partial charge in [0.1, 0.15) is 12.2 Å². The first kappa shape index (κ1) is 18.6. The Bertz CT molecular complexity index is 407. The molecule has 0 aromatic heterocycles. The van der Waals surface area contributed by atoms with E-state index in [9.17, 15) is 20.1 Å². The normalized spacial score (nSPS) is 44.9. The third kappa shape index (κ3) is 4.01. The number of nitrogens with one attached hydrogen (secondary N) is 1. The van der Waals surface area contributed by atoms with Gasteiger partial charge >= 0.3 is 0 Å². The number of ether oxygens (including phenoxy) is 3. The number of hydrogen-bond donors (Lipinski definition) is 3. The largest absolute Gasteiger partial charge is 0.547 e. The highest BCUT2D eigenvalue weighted by Gasteiger charge is 2.45. The Morgan fingerprint density at radius 2 is 2.13 bits per heavy atom. The van der Waals surface area contributed by atoms with E-state index in [4.69, 9.17) is 14.2 Å². The number of carboxylic acid groups (broad SMARTS) is 1. The smallest absolute Gasteiger partial charge is 0.176 e. The Balaban J connectivity index is 2.15. The number of carboxylic acids is 1. The van der Waals surface area contributed by atoms with E-state index in [2.05, 4.69) is 5.32 Å². The van der Waals surface area contributed by atoms with Gasteiger partial charge in [0, 0.05) is 12.3 Å². The van der Waals surface area contributed by atoms with Gasteiger partial charge in [-0.2, -0.15) is 0 Å². The number of hydrogen-bond acceptors (Lipinski definition) is 8. The van der Waals surface area contributed by atoms with Crippen LogP contribution >= 0.6 is 0 Å². The van der Waals surface area contributed by atoms with Gasteiger partial charge in [0.15, 0.2) is 6.29 Å². The number of aliphatic hydroxyl groups is 2. The minimum Gasteiger partial charge on any atom is -0.547 e. The third-order valence-corrected chi connectivity index (χ3v) is 4.61. The molecule has 2 rings (SSSR count). The summed E-state index contributed by atoms with van der Waals surface area (Å²) in [5, 5.41) is 34.7. The molecule has 2 aliphatic rings. The first-order valence-corrected chi connectivity index (χ1v) is 8.05. The fourth-order valence-corrected chi connectivity index (χ4v) is 3.10. The molecule has 8 nitrogen and oxygen atoms in total. The number of carbonyl (C=O) groups excluding carboxylic acids is 1. The van der Waals surface area contributed by atoms with Crippen molar-refractivity contribution in [2.24, 2.45) is 5.92 Å². The van der Waals surface area contributed by atoms with Gasteiger partial charge in [0.25, 0.3) is 0 Å². The molecule has 8 heteroatoms. The molecule has 2 heterocycles. The van der Waals surface area contributed by atoms with Gasteiger partial charge in [-0.1, -0.05) is 13.8 Å². The molecule has 2 aliphatic heterocycles. The lowest BCUT2D eigenvalue weighted by molar-refractivity contribution is -0.338. The fourth-order valence-electron chi connectivity index (χ4n) is 3.10. The molecule has 134 valence electrons. The van der Waals surface area contributed by atoms with E-state index in [0.717, 1.165) is 0 Å². The van der Waals surface area contributed by atoms with Gasteiger partial charge in [-0.3, -0.25) is 0 Å². The maximum absolute atomic E-state index is 11.3. The highest BCUT2D eigenvalue weighted by molar-refractivity contribution is 5.71. The van der Waals surface area contributed by atoms with E-state index in [1.165, 1.54) is 0 Å². The zero-order valence-corrected chi connectivity index (χ0v) is 13.7. The highest BCUT2D eigenvalue weighted by atomic mass is 16.7. The molecule has 23 heavy (non-hydrogen) atoms. The first-order chi connectivity index (χ1) is 10.9. The van der Waals surface area contributed by atoms with E-state index in [0.29, 0.717) is 12.8 Å². The topological polar surface area (TPSA) is 120 Å². The van der Waals surface area contributed by atoms with Crippen molar-refractivity contribution in [3.63, 3.8) is 0 Å². The van der Waals surface area contributed by atoms with Crippen molar-refractivity contribution in [3.05, 3.63) is 0 Å². The van der Waals surface area contributed by atoms with E-state index in [1.807, 2.05) is 6.92 Å². The predicted octanol–water partition coefficient (Wildman–Crippen LogP) is -2.01. The molecule has 2 saturated heterocycles. The second-order valence-corrected chi connectivity index (χ2v) is 6.29. The number of likely N-dealkylation sites (N-methyl/N-ethyl adjacent to an activating group) is 1. The van der Waals surface area contributed by atoms with Gasteiger partial charge in [0.05, 0.1) is 36.9 Å². The Kier molecular flexibility index (Phi) is 6.35. The van der Waals surface area contributed by atoms with Gasteiger partial charge in [0.2, 0.25) is 0 Å². The molecule has 0 aliphatic carbocycles. The van der Waals surface area contributed by atoms with Crippen molar-refractivity contribution >= 4 is 5.97 Å². The summed E-state index contributed by atoms with van der Waals surface area (Å²) in [6.07, 6.45) is -4.13. The van der Waals surface area contributed by atoms with Crippen LogP contribution < -0.4 is 10.4 Å². The summed E-state index contributed by atoms with van der Waals surface area (Å²) in [4.78, 5) is 11.3. The van der Waals surface area contributed by atoms with Crippen LogP contribution in [0.5, 0.6) is 0 Å². The third-order valence-electron chi connectivity index (χ3n) is 4.61. The highest BCUT2D eigenvalue weighted by Crippen LogP contribution is 2.29. The van der Waals surface area contributed by atoms with Crippen LogP contribution in [0.15, 0.2) is 0 Å². The molecule has 3 N–H and O–H groups in total. The summed E-state index contributed by atoms with van der Waals surface area (Å²) < 4.78 is 16.8. The summed E-state index contributed by atoms with van der Waals surface area (Å²) in [6, 6.07) is -0.523. The van der Waals surface area contributed by atoms with E-state index >= 15 is 0 Å². The summed E-state index contributed by atoms with van der Waals surface area (Å²) in [7, 11) is 1.66. The van der Waals surface area contributed by atoms with Crippen LogP contribution in [-0.4, -0.2) is 72.7 Å². The van der Waals surface area contributed by atoms with Gasteiger partial charge < -0.3 is 39.6 Å². The zero-order valence-electron chi connectivity index (χ0n) is 13.7. The van der Waals surface area contributed by atoms with Crippen LogP contribution in [-0.2, 0) is 19.0 Å². The maximum atomic E-state index is 11.3. The Labute approximate surface area is 135 Å². The summed E-state index contributed by atoms with van der Waals surface area (Å²) in [6.45, 7) is 3.78. The Morgan fingerprint density at radius 1 is 1.43 bits per heavy atom. The van der Waals surface area contributed by atoms with Gasteiger partial charge in [-0.25, -0.2) is 0 Å². The van der Waals surface area contributed by atoms with Crippen molar-refractivity contribution in [2.45, 2.75) is 69.5 Å². The predicted molar refractivity (Wildman–Crippen MR) is 77.2 cm³/mol. The molecule has 0 radical (unpaired) electrons. The fraction of sp³-hybridized carbons (Fsp3) is 0.933. The zero-order chi connectivity index (χ0) is 17.1. The molecular weight excluding hydrogens is 306 g/mol. The minimum absolute atomic E-state index is 0.112. The van der Waals surface area contributed by atoms with E-state index < -0.39 is 42.7 Å². The second-order valence-electron chi connectivity index (χ2n) is 6.29. The molecule has 2 fully saturated rings. The molecule has 0 aromatic carbocycles. The van der Waals surface area contributed by atoms with Gasteiger partial charge in [-0.05, 0) is 13.5 Å². The summed E-state index contributed by atoms with van der Waals surface area (Å²) >= 11 is 0. The molecule has 0 aromatic rings.